The molecule has 1 N–H and O–H groups in total. The molecule has 1 aromatic carbocycles. The molecule has 3 nitrogen and oxygen atoms in total. The second-order valence-corrected chi connectivity index (χ2v) is 4.78. The van der Waals surface area contributed by atoms with Gasteiger partial charge in [0.1, 0.15) is 5.75 Å². The summed E-state index contributed by atoms with van der Waals surface area (Å²) in [7, 11) is 0. The minimum absolute atomic E-state index is 0.557. The molecular weight excluding hydrogens is 224 g/mol. The van der Waals surface area contributed by atoms with Crippen LogP contribution in [0.4, 0.5) is 5.69 Å². The van der Waals surface area contributed by atoms with E-state index in [9.17, 15) is 0 Å². The average Bonchev–Trinajstić information content (AvgIpc) is 2.61. The van der Waals surface area contributed by atoms with Crippen LogP contribution in [0.1, 0.15) is 26.7 Å². The lowest BCUT2D eigenvalue weighted by Gasteiger charge is -2.28. The number of hydrogen-bond acceptors (Lipinski definition) is 3. The van der Waals surface area contributed by atoms with Gasteiger partial charge in [-0.3, -0.25) is 0 Å². The first-order valence-corrected chi connectivity index (χ1v) is 7.05. The van der Waals surface area contributed by atoms with Crippen molar-refractivity contribution in [2.45, 2.75) is 32.7 Å². The largest absolute Gasteiger partial charge is 0.491 e. The lowest BCUT2D eigenvalue weighted by atomic mass is 10.1. The molecule has 0 saturated heterocycles. The lowest BCUT2D eigenvalue weighted by Crippen LogP contribution is -2.41. The smallest absolute Gasteiger partial charge is 0.142 e. The van der Waals surface area contributed by atoms with E-state index in [1.165, 1.54) is 5.69 Å². The maximum absolute atomic E-state index is 5.79. The molecule has 1 unspecified atom stereocenters. The summed E-state index contributed by atoms with van der Waals surface area (Å²) in [5, 5.41) is 3.55. The van der Waals surface area contributed by atoms with E-state index >= 15 is 0 Å². The zero-order valence-electron chi connectivity index (χ0n) is 11.5. The van der Waals surface area contributed by atoms with Gasteiger partial charge in [-0.05, 0) is 31.5 Å². The van der Waals surface area contributed by atoms with Gasteiger partial charge in [-0.25, -0.2) is 0 Å². The van der Waals surface area contributed by atoms with Crippen molar-refractivity contribution in [1.82, 2.24) is 5.32 Å². The topological polar surface area (TPSA) is 24.5 Å². The molecule has 100 valence electrons. The van der Waals surface area contributed by atoms with Gasteiger partial charge in [-0.2, -0.15) is 0 Å². The minimum Gasteiger partial charge on any atom is -0.491 e. The van der Waals surface area contributed by atoms with Crippen molar-refractivity contribution in [2.75, 3.05) is 31.1 Å². The van der Waals surface area contributed by atoms with Gasteiger partial charge in [0.05, 0.1) is 12.3 Å². The predicted molar refractivity (Wildman–Crippen MR) is 76.5 cm³/mol. The van der Waals surface area contributed by atoms with Crippen molar-refractivity contribution in [2.24, 2.45) is 0 Å². The molecule has 1 atom stereocenters. The minimum atomic E-state index is 0.557. The summed E-state index contributed by atoms with van der Waals surface area (Å²) >= 11 is 0. The van der Waals surface area contributed by atoms with Crippen LogP contribution in [0.5, 0.6) is 5.75 Å². The lowest BCUT2D eigenvalue weighted by molar-refractivity contribution is 0.322. The van der Waals surface area contributed by atoms with Crippen LogP contribution in [0.25, 0.3) is 0 Å². The Morgan fingerprint density at radius 3 is 2.94 bits per heavy atom. The summed E-state index contributed by atoms with van der Waals surface area (Å²) in [4.78, 5) is 2.46. The molecule has 0 radical (unpaired) electrons. The SMILES string of the molecule is CCNC(CC)CN1CCCOc2ccccc21. The van der Waals surface area contributed by atoms with Gasteiger partial charge in [-0.15, -0.1) is 0 Å². The summed E-state index contributed by atoms with van der Waals surface area (Å²) in [6.07, 6.45) is 2.25. The Morgan fingerprint density at radius 1 is 1.33 bits per heavy atom. The fourth-order valence-electron chi connectivity index (χ4n) is 2.48. The highest BCUT2D eigenvalue weighted by molar-refractivity contribution is 5.59. The summed E-state index contributed by atoms with van der Waals surface area (Å²) in [5.74, 6) is 1.03. The third-order valence-corrected chi connectivity index (χ3v) is 3.46. The zero-order valence-corrected chi connectivity index (χ0v) is 11.5. The molecule has 0 saturated carbocycles. The third kappa shape index (κ3) is 3.16. The van der Waals surface area contributed by atoms with Gasteiger partial charge < -0.3 is 15.0 Å². The van der Waals surface area contributed by atoms with Gasteiger partial charge in [0, 0.05) is 19.1 Å². The van der Waals surface area contributed by atoms with Crippen molar-refractivity contribution in [3.8, 4) is 5.75 Å². The molecular formula is C15H24N2O. The molecule has 0 spiro atoms. The third-order valence-electron chi connectivity index (χ3n) is 3.46. The van der Waals surface area contributed by atoms with Crippen LogP contribution in [0, 0.1) is 0 Å². The number of fused-ring (bicyclic) bond motifs is 1. The number of para-hydroxylation sites is 2. The Bertz CT molecular complexity index is 367. The summed E-state index contributed by atoms with van der Waals surface area (Å²) in [5.41, 5.74) is 1.24. The number of likely N-dealkylation sites (N-methyl/N-ethyl adjacent to an activating group) is 1. The predicted octanol–water partition coefficient (Wildman–Crippen LogP) is 2.66. The number of rotatable bonds is 5. The van der Waals surface area contributed by atoms with Gasteiger partial charge in [-0.1, -0.05) is 26.0 Å². The van der Waals surface area contributed by atoms with E-state index in [0.717, 1.165) is 44.8 Å². The molecule has 0 fully saturated rings. The number of hydrogen-bond donors (Lipinski definition) is 1. The Hall–Kier alpha value is -1.22. The second-order valence-electron chi connectivity index (χ2n) is 4.78. The number of benzene rings is 1. The number of ether oxygens (including phenoxy) is 1. The molecule has 2 rings (SSSR count). The van der Waals surface area contributed by atoms with Crippen LogP contribution in [0.3, 0.4) is 0 Å². The van der Waals surface area contributed by atoms with Crippen LogP contribution in [-0.2, 0) is 0 Å². The first kappa shape index (κ1) is 13.2. The molecule has 0 amide bonds. The van der Waals surface area contributed by atoms with Crippen molar-refractivity contribution in [3.05, 3.63) is 24.3 Å². The fraction of sp³-hybridized carbons (Fsp3) is 0.600. The Morgan fingerprint density at radius 2 is 2.17 bits per heavy atom. The number of nitrogens with zero attached hydrogens (tertiary/aromatic N) is 1. The van der Waals surface area contributed by atoms with Crippen LogP contribution in [0.15, 0.2) is 24.3 Å². The van der Waals surface area contributed by atoms with Gasteiger partial charge in [0.25, 0.3) is 0 Å². The van der Waals surface area contributed by atoms with Crippen LogP contribution < -0.4 is 15.0 Å². The molecule has 3 heteroatoms. The maximum atomic E-state index is 5.79. The fourth-order valence-corrected chi connectivity index (χ4v) is 2.48. The Labute approximate surface area is 110 Å². The van der Waals surface area contributed by atoms with Crippen molar-refractivity contribution < 1.29 is 4.74 Å². The first-order valence-electron chi connectivity index (χ1n) is 7.05. The van der Waals surface area contributed by atoms with E-state index in [-0.39, 0.29) is 0 Å². The summed E-state index contributed by atoms with van der Waals surface area (Å²) in [6.45, 7) is 8.41. The molecule has 0 bridgehead atoms. The van der Waals surface area contributed by atoms with Gasteiger partial charge in [0.15, 0.2) is 0 Å². The summed E-state index contributed by atoms with van der Waals surface area (Å²) < 4.78 is 5.79. The van der Waals surface area contributed by atoms with E-state index in [0.29, 0.717) is 6.04 Å². The van der Waals surface area contributed by atoms with E-state index in [4.69, 9.17) is 4.74 Å². The number of anilines is 1. The highest BCUT2D eigenvalue weighted by Crippen LogP contribution is 2.30. The Balaban J connectivity index is 2.12. The quantitative estimate of drug-likeness (QED) is 0.867. The normalized spacial score (nSPS) is 16.7. The monoisotopic (exact) mass is 248 g/mol. The van der Waals surface area contributed by atoms with Gasteiger partial charge in [0.2, 0.25) is 0 Å². The molecule has 1 heterocycles. The molecule has 0 aromatic heterocycles. The first-order chi connectivity index (χ1) is 8.85. The highest BCUT2D eigenvalue weighted by Gasteiger charge is 2.18. The molecule has 1 aliphatic rings. The molecule has 0 aliphatic carbocycles. The van der Waals surface area contributed by atoms with Gasteiger partial charge >= 0.3 is 0 Å². The van der Waals surface area contributed by atoms with E-state index in [2.05, 4.69) is 42.3 Å². The van der Waals surface area contributed by atoms with Crippen molar-refractivity contribution in [3.63, 3.8) is 0 Å². The number of nitrogens with one attached hydrogen (secondary N) is 1. The van der Waals surface area contributed by atoms with Crippen LogP contribution >= 0.6 is 0 Å². The zero-order chi connectivity index (χ0) is 12.8. The average molecular weight is 248 g/mol. The van der Waals surface area contributed by atoms with Crippen molar-refractivity contribution >= 4 is 5.69 Å². The highest BCUT2D eigenvalue weighted by atomic mass is 16.5. The van der Waals surface area contributed by atoms with Crippen LogP contribution in [0.2, 0.25) is 0 Å². The molecule has 18 heavy (non-hydrogen) atoms. The second kappa shape index (κ2) is 6.64. The molecule has 1 aliphatic heterocycles. The summed E-state index contributed by atoms with van der Waals surface area (Å²) in [6, 6.07) is 8.93. The standard InChI is InChI=1S/C15H24N2O/c1-3-13(16-4-2)12-17-10-7-11-18-15-9-6-5-8-14(15)17/h5-6,8-9,13,16H,3-4,7,10-12H2,1-2H3. The van der Waals surface area contributed by atoms with E-state index in [1.807, 2.05) is 6.07 Å². The van der Waals surface area contributed by atoms with Crippen LogP contribution in [-0.4, -0.2) is 32.3 Å². The maximum Gasteiger partial charge on any atom is 0.142 e. The van der Waals surface area contributed by atoms with Crippen molar-refractivity contribution in [1.29, 1.82) is 0 Å². The van der Waals surface area contributed by atoms with E-state index < -0.39 is 0 Å². The molecule has 1 aromatic rings. The van der Waals surface area contributed by atoms with E-state index in [1.54, 1.807) is 0 Å². The Kier molecular flexibility index (Phi) is 4.88.